The Labute approximate surface area is 180 Å². The second-order valence-corrected chi connectivity index (χ2v) is 8.76. The average Bonchev–Trinajstić information content (AvgIpc) is 3.09. The molecule has 3 heterocycles. The largest absolute Gasteiger partial charge is 0.474 e. The summed E-state index contributed by atoms with van der Waals surface area (Å²) in [6.45, 7) is 7.67. The third-order valence-electron chi connectivity index (χ3n) is 3.67. The molecule has 0 spiro atoms. The number of fused-ring (bicyclic) bond motifs is 1. The van der Waals surface area contributed by atoms with E-state index in [-0.39, 0.29) is 29.8 Å². The van der Waals surface area contributed by atoms with E-state index in [0.717, 1.165) is 0 Å². The van der Waals surface area contributed by atoms with Crippen molar-refractivity contribution < 1.29 is 9.53 Å². The highest BCUT2D eigenvalue weighted by Crippen LogP contribution is 2.32. The molecule has 10 nitrogen and oxygen atoms in total. The molecule has 4 N–H and O–H groups in total. The van der Waals surface area contributed by atoms with Crippen LogP contribution in [0.25, 0.3) is 11.2 Å². The maximum absolute atomic E-state index is 13.0. The second-order valence-electron chi connectivity index (χ2n) is 6.77. The Morgan fingerprint density at radius 3 is 2.69 bits per heavy atom. The highest BCUT2D eigenvalue weighted by molar-refractivity contribution is 9.10. The number of thioether (sulfide) groups is 1. The number of carbonyl (C=O) groups excluding carboxylic acids is 1. The highest BCUT2D eigenvalue weighted by Gasteiger charge is 2.27. The second kappa shape index (κ2) is 8.91. The van der Waals surface area contributed by atoms with Gasteiger partial charge >= 0.3 is 0 Å². The van der Waals surface area contributed by atoms with Crippen molar-refractivity contribution in [2.75, 3.05) is 11.1 Å². The van der Waals surface area contributed by atoms with Gasteiger partial charge in [-0.15, -0.1) is 0 Å². The molecule has 0 aliphatic rings. The van der Waals surface area contributed by atoms with E-state index in [0.29, 0.717) is 26.5 Å². The van der Waals surface area contributed by atoms with Crippen LogP contribution in [0.4, 0.5) is 11.9 Å². The molecular weight excluding hydrogens is 460 g/mol. The number of halogens is 1. The van der Waals surface area contributed by atoms with Crippen molar-refractivity contribution in [3.05, 3.63) is 17.0 Å². The third-order valence-corrected chi connectivity index (χ3v) is 5.74. The number of hydrogen-bond acceptors (Lipinski definition) is 9. The minimum atomic E-state index is -0.475. The number of amides is 1. The lowest BCUT2D eigenvalue weighted by Crippen LogP contribution is -2.30. The molecule has 0 unspecified atom stereocenters. The van der Waals surface area contributed by atoms with Crippen LogP contribution in [0.1, 0.15) is 27.7 Å². The molecule has 0 saturated carbocycles. The Bertz CT molecular complexity index is 1030. The molecule has 0 aliphatic carbocycles. The molecule has 0 radical (unpaired) electrons. The molecule has 1 atom stereocenters. The summed E-state index contributed by atoms with van der Waals surface area (Å²) in [5.74, 6) is 0.362. The number of H-pyrrole nitrogens is 1. The summed E-state index contributed by atoms with van der Waals surface area (Å²) in [4.78, 5) is 36.8. The molecule has 1 amide bonds. The fourth-order valence-corrected chi connectivity index (χ4v) is 3.80. The molecule has 0 aliphatic heterocycles. The minimum Gasteiger partial charge on any atom is -0.474 e. The van der Waals surface area contributed by atoms with E-state index < -0.39 is 5.25 Å². The summed E-state index contributed by atoms with van der Waals surface area (Å²) in [6, 6.07) is 0. The predicted octanol–water partition coefficient (Wildman–Crippen LogP) is 3.03. The first-order valence-corrected chi connectivity index (χ1v) is 10.5. The maximum Gasteiger partial charge on any atom is 0.240 e. The Balaban J connectivity index is 1.82. The van der Waals surface area contributed by atoms with Gasteiger partial charge in [0, 0.05) is 0 Å². The van der Waals surface area contributed by atoms with Gasteiger partial charge in [-0.1, -0.05) is 25.6 Å². The lowest BCUT2D eigenvalue weighted by Gasteiger charge is -2.19. The number of imidazole rings is 1. The smallest absolute Gasteiger partial charge is 0.240 e. The third kappa shape index (κ3) is 5.12. The fourth-order valence-electron chi connectivity index (χ4n) is 2.42. The number of hydrogen-bond donors (Lipinski definition) is 3. The Kier molecular flexibility index (Phi) is 6.52. The van der Waals surface area contributed by atoms with Crippen LogP contribution in [0.3, 0.4) is 0 Å². The molecule has 0 saturated heterocycles. The van der Waals surface area contributed by atoms with Crippen molar-refractivity contribution in [3.63, 3.8) is 0 Å². The van der Waals surface area contributed by atoms with E-state index in [2.05, 4.69) is 51.2 Å². The van der Waals surface area contributed by atoms with E-state index in [1.165, 1.54) is 24.3 Å². The lowest BCUT2D eigenvalue weighted by atomic mass is 10.1. The van der Waals surface area contributed by atoms with Gasteiger partial charge < -0.3 is 15.5 Å². The summed E-state index contributed by atoms with van der Waals surface area (Å²) >= 11 is 4.63. The standard InChI is InChI=1S/C17H21BrN8O2S/c1-7(2)11(29-15-10-12(22-6-21-10)23-16(19)26-15)13(27)24-17-20-5-9(18)14(25-17)28-8(3)4/h5-8,11H,1-4H3,(H,20,24,25,27)(H3,19,21,22,23,26)/t11-/m1/s1. The van der Waals surface area contributed by atoms with Gasteiger partial charge in [-0.3, -0.25) is 10.1 Å². The summed E-state index contributed by atoms with van der Waals surface area (Å²) in [5.41, 5.74) is 6.87. The molecule has 3 aromatic rings. The van der Waals surface area contributed by atoms with E-state index in [4.69, 9.17) is 10.5 Å². The van der Waals surface area contributed by atoms with Crippen LogP contribution >= 0.6 is 27.7 Å². The number of aromatic amines is 1. The average molecular weight is 481 g/mol. The van der Waals surface area contributed by atoms with Gasteiger partial charge in [-0.2, -0.15) is 9.97 Å². The number of nitrogens with one attached hydrogen (secondary N) is 2. The number of nitrogens with two attached hydrogens (primary N) is 1. The number of aromatic nitrogens is 6. The van der Waals surface area contributed by atoms with Crippen LogP contribution in [0.2, 0.25) is 0 Å². The highest BCUT2D eigenvalue weighted by atomic mass is 79.9. The van der Waals surface area contributed by atoms with Crippen molar-refractivity contribution in [3.8, 4) is 5.88 Å². The Hall–Kier alpha value is -2.47. The van der Waals surface area contributed by atoms with Crippen LogP contribution in [-0.2, 0) is 4.79 Å². The summed E-state index contributed by atoms with van der Waals surface area (Å²) in [6.07, 6.45) is 2.99. The van der Waals surface area contributed by atoms with Gasteiger partial charge in [0.15, 0.2) is 5.65 Å². The van der Waals surface area contributed by atoms with Gasteiger partial charge in [0.05, 0.1) is 28.4 Å². The number of carbonyl (C=O) groups is 1. The zero-order valence-electron chi connectivity index (χ0n) is 16.3. The van der Waals surface area contributed by atoms with Crippen LogP contribution in [0.5, 0.6) is 5.88 Å². The molecule has 29 heavy (non-hydrogen) atoms. The number of ether oxygens (including phenoxy) is 1. The van der Waals surface area contributed by atoms with E-state index in [1.54, 1.807) is 0 Å². The van der Waals surface area contributed by atoms with Crippen LogP contribution < -0.4 is 15.8 Å². The first kappa shape index (κ1) is 21.2. The van der Waals surface area contributed by atoms with Gasteiger partial charge in [0.1, 0.15) is 10.5 Å². The SMILES string of the molecule is CC(C)Oc1nc(NC(=O)[C@H](Sc2nc(N)nc3nc[nH]c23)C(C)C)ncc1Br. The first-order valence-electron chi connectivity index (χ1n) is 8.88. The van der Waals surface area contributed by atoms with Gasteiger partial charge in [-0.25, -0.2) is 15.0 Å². The van der Waals surface area contributed by atoms with Crippen molar-refractivity contribution >= 4 is 56.7 Å². The van der Waals surface area contributed by atoms with Crippen LogP contribution in [0.15, 0.2) is 22.0 Å². The normalized spacial score (nSPS) is 12.5. The monoisotopic (exact) mass is 480 g/mol. The van der Waals surface area contributed by atoms with E-state index in [1.807, 2.05) is 27.7 Å². The summed E-state index contributed by atoms with van der Waals surface area (Å²) in [7, 11) is 0. The number of anilines is 2. The number of nitrogen functional groups attached to an aromatic ring is 1. The van der Waals surface area contributed by atoms with Crippen molar-refractivity contribution in [2.45, 2.75) is 44.1 Å². The van der Waals surface area contributed by atoms with Gasteiger partial charge in [-0.05, 0) is 35.7 Å². The van der Waals surface area contributed by atoms with Crippen molar-refractivity contribution in [2.24, 2.45) is 5.92 Å². The van der Waals surface area contributed by atoms with Gasteiger partial charge in [0.25, 0.3) is 0 Å². The molecule has 154 valence electrons. The fraction of sp³-hybridized carbons (Fsp3) is 0.412. The van der Waals surface area contributed by atoms with Crippen LogP contribution in [0, 0.1) is 5.92 Å². The Morgan fingerprint density at radius 2 is 2.00 bits per heavy atom. The molecule has 3 aromatic heterocycles. The van der Waals surface area contributed by atoms with E-state index >= 15 is 0 Å². The number of rotatable bonds is 7. The molecular formula is C17H21BrN8O2S. The van der Waals surface area contributed by atoms with E-state index in [9.17, 15) is 4.79 Å². The lowest BCUT2D eigenvalue weighted by molar-refractivity contribution is -0.116. The zero-order chi connectivity index (χ0) is 21.1. The topological polar surface area (TPSA) is 145 Å². The summed E-state index contributed by atoms with van der Waals surface area (Å²) < 4.78 is 6.24. The molecule has 0 aromatic carbocycles. The minimum absolute atomic E-state index is 0.00371. The van der Waals surface area contributed by atoms with Crippen molar-refractivity contribution in [1.82, 2.24) is 29.9 Å². The Morgan fingerprint density at radius 1 is 1.24 bits per heavy atom. The predicted molar refractivity (Wildman–Crippen MR) is 115 cm³/mol. The molecule has 12 heteroatoms. The quantitative estimate of drug-likeness (QED) is 0.342. The maximum atomic E-state index is 13.0. The summed E-state index contributed by atoms with van der Waals surface area (Å²) in [5, 5.41) is 2.84. The van der Waals surface area contributed by atoms with Crippen molar-refractivity contribution in [1.29, 1.82) is 0 Å². The van der Waals surface area contributed by atoms with Crippen LogP contribution in [-0.4, -0.2) is 47.2 Å². The number of nitrogens with zero attached hydrogens (tertiary/aromatic N) is 5. The molecule has 0 fully saturated rings. The molecule has 0 bridgehead atoms. The van der Waals surface area contributed by atoms with Gasteiger partial charge in [0.2, 0.25) is 23.7 Å². The first-order chi connectivity index (χ1) is 13.7. The molecule has 3 rings (SSSR count). The zero-order valence-corrected chi connectivity index (χ0v) is 18.7.